The second-order valence-corrected chi connectivity index (χ2v) is 7.39. The van der Waals surface area contributed by atoms with Crippen LogP contribution in [0.1, 0.15) is 51.1 Å². The van der Waals surface area contributed by atoms with Gasteiger partial charge in [-0.2, -0.15) is 0 Å². The number of aliphatic hydroxyl groups excluding tert-OH is 1. The third-order valence-electron chi connectivity index (χ3n) is 5.56. The molecule has 3 heteroatoms. The highest BCUT2D eigenvalue weighted by Crippen LogP contribution is 2.52. The predicted molar refractivity (Wildman–Crippen MR) is 88.7 cm³/mol. The first-order valence-corrected chi connectivity index (χ1v) is 8.68. The van der Waals surface area contributed by atoms with Gasteiger partial charge < -0.3 is 15.2 Å². The van der Waals surface area contributed by atoms with E-state index in [9.17, 15) is 5.11 Å². The Balaban J connectivity index is 1.72. The fourth-order valence-corrected chi connectivity index (χ4v) is 4.40. The number of hydrogen-bond donors (Lipinski definition) is 2. The lowest BCUT2D eigenvalue weighted by molar-refractivity contribution is -0.194. The van der Waals surface area contributed by atoms with Gasteiger partial charge in [0.25, 0.3) is 0 Å². The third-order valence-corrected chi connectivity index (χ3v) is 5.56. The van der Waals surface area contributed by atoms with E-state index in [1.807, 2.05) is 0 Å². The average Bonchev–Trinajstić information content (AvgIpc) is 2.55. The molecule has 1 heterocycles. The van der Waals surface area contributed by atoms with Crippen molar-refractivity contribution in [1.82, 2.24) is 5.32 Å². The van der Waals surface area contributed by atoms with E-state index in [-0.39, 0.29) is 12.0 Å². The maximum absolute atomic E-state index is 9.21. The molecule has 0 amide bonds. The third kappa shape index (κ3) is 2.94. The van der Waals surface area contributed by atoms with Gasteiger partial charge in [-0.05, 0) is 31.2 Å². The van der Waals surface area contributed by atoms with E-state index in [2.05, 4.69) is 49.5 Å². The summed E-state index contributed by atoms with van der Waals surface area (Å²) in [5, 5.41) is 13.1. The first-order valence-electron chi connectivity index (χ1n) is 8.68. The Morgan fingerprint density at radius 1 is 1.32 bits per heavy atom. The molecule has 4 unspecified atom stereocenters. The fourth-order valence-electron chi connectivity index (χ4n) is 4.40. The molecule has 122 valence electrons. The molecule has 2 fully saturated rings. The van der Waals surface area contributed by atoms with Gasteiger partial charge in [0.05, 0.1) is 6.10 Å². The number of benzene rings is 1. The molecule has 0 bridgehead atoms. The van der Waals surface area contributed by atoms with Crippen LogP contribution in [0.2, 0.25) is 0 Å². The number of ether oxygens (including phenoxy) is 1. The Labute approximate surface area is 134 Å². The van der Waals surface area contributed by atoms with Crippen molar-refractivity contribution in [3.05, 3.63) is 35.9 Å². The van der Waals surface area contributed by atoms with Crippen molar-refractivity contribution in [2.45, 2.75) is 57.7 Å². The summed E-state index contributed by atoms with van der Waals surface area (Å²) in [5.41, 5.74) is 1.52. The standard InChI is InChI=1S/C19H29NO2/c1-19(2)17(15-10-7-13-22-18(15)19)20-16(11-6-12-21)14-8-4-3-5-9-14/h3-5,8-9,15-18,20-21H,6-7,10-13H2,1-2H3. The van der Waals surface area contributed by atoms with Crippen molar-refractivity contribution in [1.29, 1.82) is 0 Å². The van der Waals surface area contributed by atoms with E-state index >= 15 is 0 Å². The molecule has 3 nitrogen and oxygen atoms in total. The smallest absolute Gasteiger partial charge is 0.0684 e. The molecule has 3 rings (SSSR count). The SMILES string of the molecule is CC1(C)C(NC(CCCO)c2ccccc2)C2CCCOC21. The van der Waals surface area contributed by atoms with Crippen LogP contribution in [0, 0.1) is 11.3 Å². The van der Waals surface area contributed by atoms with Crippen LogP contribution < -0.4 is 5.32 Å². The van der Waals surface area contributed by atoms with Gasteiger partial charge in [-0.1, -0.05) is 44.2 Å². The maximum atomic E-state index is 9.21. The zero-order valence-electron chi connectivity index (χ0n) is 13.8. The molecule has 1 aliphatic carbocycles. The lowest BCUT2D eigenvalue weighted by Crippen LogP contribution is -2.69. The summed E-state index contributed by atoms with van der Waals surface area (Å²) >= 11 is 0. The predicted octanol–water partition coefficient (Wildman–Crippen LogP) is 3.29. The number of hydrogen-bond acceptors (Lipinski definition) is 3. The van der Waals surface area contributed by atoms with Crippen molar-refractivity contribution < 1.29 is 9.84 Å². The molecule has 2 aliphatic rings. The van der Waals surface area contributed by atoms with Crippen LogP contribution in [0.5, 0.6) is 0 Å². The topological polar surface area (TPSA) is 41.5 Å². The second-order valence-electron chi connectivity index (χ2n) is 7.39. The monoisotopic (exact) mass is 303 g/mol. The van der Waals surface area contributed by atoms with Crippen molar-refractivity contribution in [3.8, 4) is 0 Å². The highest BCUT2D eigenvalue weighted by atomic mass is 16.5. The van der Waals surface area contributed by atoms with Crippen LogP contribution in [0.25, 0.3) is 0 Å². The normalized spacial score (nSPS) is 31.1. The lowest BCUT2D eigenvalue weighted by Gasteiger charge is -2.61. The van der Waals surface area contributed by atoms with Gasteiger partial charge in [0.15, 0.2) is 0 Å². The van der Waals surface area contributed by atoms with E-state index < -0.39 is 0 Å². The summed E-state index contributed by atoms with van der Waals surface area (Å²) in [5.74, 6) is 0.643. The average molecular weight is 303 g/mol. The zero-order chi connectivity index (χ0) is 15.6. The molecule has 1 saturated carbocycles. The zero-order valence-corrected chi connectivity index (χ0v) is 13.8. The molecule has 4 atom stereocenters. The molecule has 1 aromatic rings. The number of rotatable bonds is 6. The highest BCUT2D eigenvalue weighted by Gasteiger charge is 2.58. The van der Waals surface area contributed by atoms with E-state index in [0.717, 1.165) is 19.4 Å². The van der Waals surface area contributed by atoms with Crippen LogP contribution in [0.4, 0.5) is 0 Å². The van der Waals surface area contributed by atoms with Crippen LogP contribution in [-0.2, 0) is 4.74 Å². The van der Waals surface area contributed by atoms with Crippen molar-refractivity contribution >= 4 is 0 Å². The lowest BCUT2D eigenvalue weighted by atomic mass is 9.55. The van der Waals surface area contributed by atoms with Crippen molar-refractivity contribution in [2.75, 3.05) is 13.2 Å². The first kappa shape index (κ1) is 16.0. The van der Waals surface area contributed by atoms with Crippen molar-refractivity contribution in [3.63, 3.8) is 0 Å². The number of fused-ring (bicyclic) bond motifs is 1. The summed E-state index contributed by atoms with van der Waals surface area (Å²) in [6, 6.07) is 11.5. The van der Waals surface area contributed by atoms with Gasteiger partial charge in [0.1, 0.15) is 0 Å². The maximum Gasteiger partial charge on any atom is 0.0684 e. The largest absolute Gasteiger partial charge is 0.396 e. The molecular formula is C19H29NO2. The van der Waals surface area contributed by atoms with Crippen LogP contribution >= 0.6 is 0 Å². The summed E-state index contributed by atoms with van der Waals surface area (Å²) in [6.07, 6.45) is 4.68. The Hall–Kier alpha value is -0.900. The minimum Gasteiger partial charge on any atom is -0.396 e. The Morgan fingerprint density at radius 2 is 2.09 bits per heavy atom. The van der Waals surface area contributed by atoms with Crippen LogP contribution in [-0.4, -0.2) is 30.5 Å². The first-order chi connectivity index (χ1) is 10.6. The molecule has 1 aliphatic heterocycles. The Kier molecular flexibility index (Phi) is 4.86. The number of nitrogens with one attached hydrogen (secondary N) is 1. The van der Waals surface area contributed by atoms with Gasteiger partial charge in [-0.25, -0.2) is 0 Å². The highest BCUT2D eigenvalue weighted by molar-refractivity contribution is 5.21. The molecule has 1 saturated heterocycles. The van der Waals surface area contributed by atoms with E-state index in [0.29, 0.717) is 24.1 Å². The molecule has 0 aromatic heterocycles. The van der Waals surface area contributed by atoms with Crippen LogP contribution in [0.15, 0.2) is 30.3 Å². The van der Waals surface area contributed by atoms with Crippen LogP contribution in [0.3, 0.4) is 0 Å². The quantitative estimate of drug-likeness (QED) is 0.847. The minimum absolute atomic E-state index is 0.192. The molecular weight excluding hydrogens is 274 g/mol. The molecule has 0 spiro atoms. The number of aliphatic hydroxyl groups is 1. The molecule has 0 radical (unpaired) electrons. The summed E-state index contributed by atoms with van der Waals surface area (Å²) in [6.45, 7) is 5.83. The Bertz CT molecular complexity index is 474. The van der Waals surface area contributed by atoms with Gasteiger partial charge in [0, 0.05) is 36.6 Å². The van der Waals surface area contributed by atoms with E-state index in [4.69, 9.17) is 4.74 Å². The molecule has 1 aromatic carbocycles. The Morgan fingerprint density at radius 3 is 2.82 bits per heavy atom. The van der Waals surface area contributed by atoms with E-state index in [1.54, 1.807) is 0 Å². The molecule has 2 N–H and O–H groups in total. The summed E-state index contributed by atoms with van der Waals surface area (Å²) < 4.78 is 6.01. The van der Waals surface area contributed by atoms with Crippen molar-refractivity contribution in [2.24, 2.45) is 11.3 Å². The summed E-state index contributed by atoms with van der Waals surface area (Å²) in [4.78, 5) is 0. The molecule has 22 heavy (non-hydrogen) atoms. The van der Waals surface area contributed by atoms with E-state index in [1.165, 1.54) is 18.4 Å². The minimum atomic E-state index is 0.192. The second kappa shape index (κ2) is 6.69. The van der Waals surface area contributed by atoms with Gasteiger partial charge in [0.2, 0.25) is 0 Å². The van der Waals surface area contributed by atoms with Gasteiger partial charge in [-0.3, -0.25) is 0 Å². The van der Waals surface area contributed by atoms with Gasteiger partial charge >= 0.3 is 0 Å². The van der Waals surface area contributed by atoms with Gasteiger partial charge in [-0.15, -0.1) is 0 Å². The fraction of sp³-hybridized carbons (Fsp3) is 0.684. The summed E-state index contributed by atoms with van der Waals surface area (Å²) in [7, 11) is 0.